The number of nitrogens with two attached hydrogens (primary N) is 1. The van der Waals surface area contributed by atoms with Gasteiger partial charge in [-0.05, 0) is 13.3 Å². The molecule has 0 atom stereocenters. The van der Waals surface area contributed by atoms with Crippen molar-refractivity contribution < 1.29 is 14.3 Å². The minimum atomic E-state index is -0.507. The van der Waals surface area contributed by atoms with Gasteiger partial charge in [-0.1, -0.05) is 0 Å². The van der Waals surface area contributed by atoms with E-state index in [0.29, 0.717) is 24.6 Å². The third-order valence-electron chi connectivity index (χ3n) is 2.21. The third-order valence-corrected chi connectivity index (χ3v) is 2.21. The van der Waals surface area contributed by atoms with Crippen molar-refractivity contribution >= 4 is 17.7 Å². The number of anilines is 1. The maximum Gasteiger partial charge on any atom is 0.343 e. The number of primary amides is 1. The Morgan fingerprint density at radius 2 is 2.22 bits per heavy atom. The average molecular weight is 252 g/mol. The van der Waals surface area contributed by atoms with Crippen LogP contribution in [0, 0.1) is 6.92 Å². The summed E-state index contributed by atoms with van der Waals surface area (Å²) in [5.74, 6) is 0.0788. The number of hydrogen-bond acceptors (Lipinski definition) is 6. The topological polar surface area (TPSA) is 107 Å². The molecule has 0 saturated carbocycles. The number of nitrogens with zero attached hydrogens (tertiary/aromatic N) is 2. The zero-order valence-electron chi connectivity index (χ0n) is 10.4. The van der Waals surface area contributed by atoms with Crippen LogP contribution in [0.5, 0.6) is 0 Å². The van der Waals surface area contributed by atoms with Gasteiger partial charge in [-0.3, -0.25) is 4.79 Å². The summed E-state index contributed by atoms with van der Waals surface area (Å²) >= 11 is 0. The number of nitrogens with one attached hydrogen (secondary N) is 1. The Hall–Kier alpha value is -2.18. The van der Waals surface area contributed by atoms with Crippen LogP contribution in [0.1, 0.15) is 29.0 Å². The number of aryl methyl sites for hydroxylation is 1. The highest BCUT2D eigenvalue weighted by Gasteiger charge is 2.13. The highest BCUT2D eigenvalue weighted by molar-refractivity contribution is 5.94. The summed E-state index contributed by atoms with van der Waals surface area (Å²) in [5.41, 5.74) is 5.30. The molecule has 7 heteroatoms. The number of rotatable bonds is 6. The summed E-state index contributed by atoms with van der Waals surface area (Å²) in [6.45, 7) is 2.21. The van der Waals surface area contributed by atoms with Gasteiger partial charge in [-0.25, -0.2) is 14.8 Å². The van der Waals surface area contributed by atoms with Gasteiger partial charge in [0.05, 0.1) is 7.11 Å². The van der Waals surface area contributed by atoms with Crippen LogP contribution in [-0.2, 0) is 9.53 Å². The highest BCUT2D eigenvalue weighted by atomic mass is 16.5. The molecule has 0 aliphatic heterocycles. The van der Waals surface area contributed by atoms with E-state index in [-0.39, 0.29) is 17.9 Å². The zero-order chi connectivity index (χ0) is 13.5. The second-order valence-electron chi connectivity index (χ2n) is 3.67. The number of hydrogen-bond donors (Lipinski definition) is 2. The van der Waals surface area contributed by atoms with Crippen molar-refractivity contribution in [2.75, 3.05) is 19.0 Å². The van der Waals surface area contributed by atoms with Crippen molar-refractivity contribution in [2.45, 2.75) is 19.8 Å². The lowest BCUT2D eigenvalue weighted by molar-refractivity contribution is -0.118. The Labute approximate surface area is 105 Å². The van der Waals surface area contributed by atoms with Crippen LogP contribution >= 0.6 is 0 Å². The van der Waals surface area contributed by atoms with Crippen LogP contribution in [0.2, 0.25) is 0 Å². The third kappa shape index (κ3) is 4.00. The molecule has 0 saturated heterocycles. The first-order valence-corrected chi connectivity index (χ1v) is 5.48. The molecule has 0 unspecified atom stereocenters. The van der Waals surface area contributed by atoms with Crippen molar-refractivity contribution in [3.63, 3.8) is 0 Å². The summed E-state index contributed by atoms with van der Waals surface area (Å²) in [5, 5.41) is 2.96. The van der Waals surface area contributed by atoms with Crippen LogP contribution < -0.4 is 11.1 Å². The van der Waals surface area contributed by atoms with E-state index in [9.17, 15) is 9.59 Å². The van der Waals surface area contributed by atoms with Gasteiger partial charge in [0.2, 0.25) is 5.91 Å². The molecular weight excluding hydrogens is 236 g/mol. The van der Waals surface area contributed by atoms with Crippen LogP contribution in [0.25, 0.3) is 0 Å². The molecule has 3 N–H and O–H groups in total. The van der Waals surface area contributed by atoms with Gasteiger partial charge in [0.25, 0.3) is 0 Å². The molecule has 0 fully saturated rings. The van der Waals surface area contributed by atoms with E-state index in [2.05, 4.69) is 20.0 Å². The van der Waals surface area contributed by atoms with Crippen molar-refractivity contribution in [2.24, 2.45) is 5.73 Å². The van der Waals surface area contributed by atoms with Crippen molar-refractivity contribution in [1.29, 1.82) is 0 Å². The molecular formula is C11H16N4O3. The fourth-order valence-electron chi connectivity index (χ4n) is 1.33. The molecule has 1 aromatic rings. The zero-order valence-corrected chi connectivity index (χ0v) is 10.4. The number of carbonyl (C=O) groups is 2. The van der Waals surface area contributed by atoms with Crippen molar-refractivity contribution in [1.82, 2.24) is 9.97 Å². The molecule has 0 radical (unpaired) electrons. The van der Waals surface area contributed by atoms with E-state index < -0.39 is 5.97 Å². The lowest BCUT2D eigenvalue weighted by atomic mass is 10.2. The molecule has 1 amide bonds. The summed E-state index contributed by atoms with van der Waals surface area (Å²) in [4.78, 5) is 30.1. The normalized spacial score (nSPS) is 9.89. The van der Waals surface area contributed by atoms with Gasteiger partial charge in [0.1, 0.15) is 17.2 Å². The number of esters is 1. The predicted molar refractivity (Wildman–Crippen MR) is 65.0 cm³/mol. The van der Waals surface area contributed by atoms with E-state index >= 15 is 0 Å². The smallest absolute Gasteiger partial charge is 0.343 e. The van der Waals surface area contributed by atoms with Crippen LogP contribution in [0.4, 0.5) is 5.82 Å². The Bertz CT molecular complexity index is 448. The highest BCUT2D eigenvalue weighted by Crippen LogP contribution is 2.12. The largest absolute Gasteiger partial charge is 0.465 e. The minimum Gasteiger partial charge on any atom is -0.465 e. The summed E-state index contributed by atoms with van der Waals surface area (Å²) < 4.78 is 4.63. The molecule has 18 heavy (non-hydrogen) atoms. The van der Waals surface area contributed by atoms with Gasteiger partial charge < -0.3 is 15.8 Å². The molecule has 0 bridgehead atoms. The minimum absolute atomic E-state index is 0.266. The second kappa shape index (κ2) is 6.53. The van der Waals surface area contributed by atoms with Gasteiger partial charge in [-0.15, -0.1) is 0 Å². The van der Waals surface area contributed by atoms with Crippen LogP contribution in [0.3, 0.4) is 0 Å². The molecule has 1 aromatic heterocycles. The molecule has 98 valence electrons. The lowest BCUT2D eigenvalue weighted by Crippen LogP contribution is -2.15. The Morgan fingerprint density at radius 3 is 2.83 bits per heavy atom. The quantitative estimate of drug-likeness (QED) is 0.555. The molecule has 7 nitrogen and oxygen atoms in total. The van der Waals surface area contributed by atoms with Crippen molar-refractivity contribution in [3.8, 4) is 0 Å². The van der Waals surface area contributed by atoms with E-state index in [1.165, 1.54) is 13.3 Å². The first-order valence-electron chi connectivity index (χ1n) is 5.48. The number of amides is 1. The summed E-state index contributed by atoms with van der Waals surface area (Å²) in [7, 11) is 1.29. The van der Waals surface area contributed by atoms with E-state index in [1.54, 1.807) is 6.92 Å². The number of ether oxygens (including phenoxy) is 1. The SMILES string of the molecule is COC(=O)c1cnc(C)nc1NCCCC(N)=O. The Kier molecular flexibility index (Phi) is 5.04. The summed E-state index contributed by atoms with van der Waals surface area (Å²) in [6.07, 6.45) is 2.26. The summed E-state index contributed by atoms with van der Waals surface area (Å²) in [6, 6.07) is 0. The standard InChI is InChI=1S/C11H16N4O3/c1-7-14-6-8(11(17)18-2)10(15-7)13-5-3-4-9(12)16/h6H,3-5H2,1-2H3,(H2,12,16)(H,13,14,15). The van der Waals surface area contributed by atoms with Crippen molar-refractivity contribution in [3.05, 3.63) is 17.6 Å². The van der Waals surface area contributed by atoms with E-state index in [0.717, 1.165) is 0 Å². The second-order valence-corrected chi connectivity index (χ2v) is 3.67. The Morgan fingerprint density at radius 1 is 1.50 bits per heavy atom. The first-order chi connectivity index (χ1) is 8.54. The van der Waals surface area contributed by atoms with Gasteiger partial charge >= 0.3 is 5.97 Å². The van der Waals surface area contributed by atoms with Gasteiger partial charge in [-0.2, -0.15) is 0 Å². The molecule has 1 rings (SSSR count). The molecule has 0 spiro atoms. The Balaban J connectivity index is 2.70. The maximum atomic E-state index is 11.5. The fraction of sp³-hybridized carbons (Fsp3) is 0.455. The predicted octanol–water partition coefficient (Wildman–Crippen LogP) is 0.249. The average Bonchev–Trinajstić information content (AvgIpc) is 2.33. The monoisotopic (exact) mass is 252 g/mol. The molecule has 0 aromatic carbocycles. The molecule has 0 aliphatic rings. The maximum absolute atomic E-state index is 11.5. The molecule has 1 heterocycles. The number of aromatic nitrogens is 2. The first kappa shape index (κ1) is 13.9. The number of methoxy groups -OCH3 is 1. The van der Waals surface area contributed by atoms with Gasteiger partial charge in [0, 0.05) is 19.2 Å². The number of carbonyl (C=O) groups excluding carboxylic acids is 2. The lowest BCUT2D eigenvalue weighted by Gasteiger charge is -2.09. The van der Waals surface area contributed by atoms with E-state index in [1.807, 2.05) is 0 Å². The van der Waals surface area contributed by atoms with Gasteiger partial charge in [0.15, 0.2) is 0 Å². The fourth-order valence-corrected chi connectivity index (χ4v) is 1.33. The van der Waals surface area contributed by atoms with E-state index in [4.69, 9.17) is 5.73 Å². The van der Waals surface area contributed by atoms with Crippen LogP contribution in [0.15, 0.2) is 6.20 Å². The van der Waals surface area contributed by atoms with Crippen LogP contribution in [-0.4, -0.2) is 35.5 Å². The molecule has 0 aliphatic carbocycles.